The second kappa shape index (κ2) is 9.37. The van der Waals surface area contributed by atoms with E-state index in [4.69, 9.17) is 0 Å². The fourth-order valence-corrected chi connectivity index (χ4v) is 2.32. The number of guanidine groups is 1. The molecular formula is C16H31N5O2. The molecule has 0 unspecified atom stereocenters. The van der Waals surface area contributed by atoms with Crippen molar-refractivity contribution < 1.29 is 9.59 Å². The van der Waals surface area contributed by atoms with Gasteiger partial charge >= 0.3 is 0 Å². The summed E-state index contributed by atoms with van der Waals surface area (Å²) in [5.41, 5.74) is 0. The molecule has 132 valence electrons. The summed E-state index contributed by atoms with van der Waals surface area (Å²) in [5.74, 6) is 1.23. The standard InChI is InChI=1S/C16H31N5O2/c1-12(2)19-14(22)10-17-16(18-11-15(23)20(4)5)21-8-6-13(3)7-9-21/h12-13H,6-11H2,1-5H3,(H,17,18)(H,19,22). The third-order valence-corrected chi connectivity index (χ3v) is 3.80. The number of piperidine rings is 1. The van der Waals surface area contributed by atoms with Gasteiger partial charge in [0.15, 0.2) is 5.96 Å². The van der Waals surface area contributed by atoms with E-state index in [9.17, 15) is 9.59 Å². The number of hydrogen-bond donors (Lipinski definition) is 2. The Labute approximate surface area is 139 Å². The lowest BCUT2D eigenvalue weighted by Crippen LogP contribution is -2.48. The van der Waals surface area contributed by atoms with Crippen LogP contribution in [0.3, 0.4) is 0 Å². The molecule has 1 fully saturated rings. The average Bonchev–Trinajstić information content (AvgIpc) is 2.47. The van der Waals surface area contributed by atoms with Crippen LogP contribution in [0.2, 0.25) is 0 Å². The van der Waals surface area contributed by atoms with Crippen LogP contribution in [0.5, 0.6) is 0 Å². The topological polar surface area (TPSA) is 77.0 Å². The number of carbonyl (C=O) groups excluding carboxylic acids is 2. The highest BCUT2D eigenvalue weighted by Crippen LogP contribution is 2.15. The second-order valence-corrected chi connectivity index (χ2v) is 6.67. The molecular weight excluding hydrogens is 294 g/mol. The van der Waals surface area contributed by atoms with Crippen molar-refractivity contribution in [3.8, 4) is 0 Å². The summed E-state index contributed by atoms with van der Waals surface area (Å²) >= 11 is 0. The zero-order chi connectivity index (χ0) is 17.4. The van der Waals surface area contributed by atoms with E-state index in [0.717, 1.165) is 25.9 Å². The van der Waals surface area contributed by atoms with E-state index in [0.29, 0.717) is 11.9 Å². The van der Waals surface area contributed by atoms with Crippen LogP contribution in [-0.2, 0) is 9.59 Å². The van der Waals surface area contributed by atoms with Crippen molar-refractivity contribution in [2.75, 3.05) is 40.3 Å². The van der Waals surface area contributed by atoms with Gasteiger partial charge < -0.3 is 20.4 Å². The highest BCUT2D eigenvalue weighted by molar-refractivity contribution is 5.88. The predicted octanol–water partition coefficient (Wildman–Crippen LogP) is 0.277. The summed E-state index contributed by atoms with van der Waals surface area (Å²) in [4.78, 5) is 31.6. The van der Waals surface area contributed by atoms with Crippen LogP contribution in [0.1, 0.15) is 33.6 Å². The van der Waals surface area contributed by atoms with Gasteiger partial charge in [-0.25, -0.2) is 4.99 Å². The van der Waals surface area contributed by atoms with Gasteiger partial charge in [-0.15, -0.1) is 0 Å². The molecule has 1 rings (SSSR count). The Morgan fingerprint density at radius 2 is 1.87 bits per heavy atom. The number of hydrogen-bond acceptors (Lipinski definition) is 3. The molecule has 0 radical (unpaired) electrons. The molecule has 7 nitrogen and oxygen atoms in total. The van der Waals surface area contributed by atoms with E-state index in [1.165, 1.54) is 4.90 Å². The molecule has 2 N–H and O–H groups in total. The highest BCUT2D eigenvalue weighted by atomic mass is 16.2. The van der Waals surface area contributed by atoms with E-state index in [1.54, 1.807) is 14.1 Å². The largest absolute Gasteiger partial charge is 0.352 e. The minimum absolute atomic E-state index is 0.0188. The first-order chi connectivity index (χ1) is 10.8. The molecule has 0 bridgehead atoms. The van der Waals surface area contributed by atoms with E-state index in [-0.39, 0.29) is 30.9 Å². The molecule has 0 aromatic rings. The molecule has 1 aliphatic heterocycles. The van der Waals surface area contributed by atoms with Crippen LogP contribution in [0.25, 0.3) is 0 Å². The van der Waals surface area contributed by atoms with Crippen molar-refractivity contribution in [1.29, 1.82) is 0 Å². The van der Waals surface area contributed by atoms with Gasteiger partial charge in [0.1, 0.15) is 6.54 Å². The van der Waals surface area contributed by atoms with Crippen molar-refractivity contribution in [2.24, 2.45) is 10.9 Å². The van der Waals surface area contributed by atoms with Gasteiger partial charge in [-0.2, -0.15) is 0 Å². The lowest BCUT2D eigenvalue weighted by molar-refractivity contribution is -0.127. The lowest BCUT2D eigenvalue weighted by Gasteiger charge is -2.33. The van der Waals surface area contributed by atoms with Crippen molar-refractivity contribution in [3.05, 3.63) is 0 Å². The van der Waals surface area contributed by atoms with E-state index < -0.39 is 0 Å². The summed E-state index contributed by atoms with van der Waals surface area (Å²) < 4.78 is 0. The van der Waals surface area contributed by atoms with Crippen LogP contribution >= 0.6 is 0 Å². The number of likely N-dealkylation sites (N-methyl/N-ethyl adjacent to an activating group) is 1. The van der Waals surface area contributed by atoms with Crippen LogP contribution < -0.4 is 10.6 Å². The quantitative estimate of drug-likeness (QED) is 0.562. The minimum Gasteiger partial charge on any atom is -0.352 e. The second-order valence-electron chi connectivity index (χ2n) is 6.67. The third kappa shape index (κ3) is 7.34. The first-order valence-corrected chi connectivity index (χ1v) is 8.32. The molecule has 0 saturated carbocycles. The molecule has 7 heteroatoms. The first kappa shape index (κ1) is 19.3. The molecule has 0 atom stereocenters. The number of nitrogens with zero attached hydrogens (tertiary/aromatic N) is 3. The van der Waals surface area contributed by atoms with Crippen LogP contribution in [0.15, 0.2) is 4.99 Å². The lowest BCUT2D eigenvalue weighted by atomic mass is 10.00. The van der Waals surface area contributed by atoms with Crippen molar-refractivity contribution in [3.63, 3.8) is 0 Å². The van der Waals surface area contributed by atoms with Gasteiger partial charge in [0, 0.05) is 33.2 Å². The zero-order valence-electron chi connectivity index (χ0n) is 15.1. The summed E-state index contributed by atoms with van der Waals surface area (Å²) in [7, 11) is 3.44. The summed E-state index contributed by atoms with van der Waals surface area (Å²) in [6.45, 7) is 8.13. The molecule has 23 heavy (non-hydrogen) atoms. The Morgan fingerprint density at radius 1 is 1.26 bits per heavy atom. The van der Waals surface area contributed by atoms with Gasteiger partial charge in [0.25, 0.3) is 0 Å². The molecule has 0 spiro atoms. The SMILES string of the molecule is CC1CCN(C(=NCC(=O)NC(C)C)NCC(=O)N(C)C)CC1. The number of likely N-dealkylation sites (tertiary alicyclic amines) is 1. The number of aliphatic imine (C=N–C) groups is 1. The van der Waals surface area contributed by atoms with E-state index in [1.807, 2.05) is 13.8 Å². The van der Waals surface area contributed by atoms with Crippen molar-refractivity contribution in [1.82, 2.24) is 20.4 Å². The Balaban J connectivity index is 2.67. The highest BCUT2D eigenvalue weighted by Gasteiger charge is 2.20. The number of carbonyl (C=O) groups is 2. The van der Waals surface area contributed by atoms with Crippen LogP contribution in [-0.4, -0.2) is 73.9 Å². The maximum atomic E-state index is 11.8. The fourth-order valence-electron chi connectivity index (χ4n) is 2.32. The van der Waals surface area contributed by atoms with Crippen molar-refractivity contribution >= 4 is 17.8 Å². The van der Waals surface area contributed by atoms with E-state index >= 15 is 0 Å². The maximum absolute atomic E-state index is 11.8. The summed E-state index contributed by atoms with van der Waals surface area (Å²) in [5, 5.41) is 5.92. The molecule has 1 heterocycles. The fraction of sp³-hybridized carbons (Fsp3) is 0.812. The van der Waals surface area contributed by atoms with E-state index in [2.05, 4.69) is 27.4 Å². The van der Waals surface area contributed by atoms with Crippen LogP contribution in [0.4, 0.5) is 0 Å². The Kier molecular flexibility index (Phi) is 7.85. The molecule has 0 aromatic heterocycles. The van der Waals surface area contributed by atoms with Gasteiger partial charge in [0.05, 0.1) is 6.54 Å². The smallest absolute Gasteiger partial charge is 0.242 e. The molecule has 0 aliphatic carbocycles. The number of nitrogens with one attached hydrogen (secondary N) is 2. The normalized spacial score (nSPS) is 16.4. The van der Waals surface area contributed by atoms with Gasteiger partial charge in [-0.1, -0.05) is 6.92 Å². The Bertz CT molecular complexity index is 426. The predicted molar refractivity (Wildman–Crippen MR) is 92.2 cm³/mol. The molecule has 2 amide bonds. The van der Waals surface area contributed by atoms with Gasteiger partial charge in [-0.05, 0) is 32.6 Å². The zero-order valence-corrected chi connectivity index (χ0v) is 15.1. The Hall–Kier alpha value is -1.79. The minimum atomic E-state index is -0.108. The number of amides is 2. The van der Waals surface area contributed by atoms with Crippen molar-refractivity contribution in [2.45, 2.75) is 39.7 Å². The third-order valence-electron chi connectivity index (χ3n) is 3.80. The Morgan fingerprint density at radius 3 is 2.39 bits per heavy atom. The average molecular weight is 325 g/mol. The number of rotatable bonds is 5. The maximum Gasteiger partial charge on any atom is 0.242 e. The van der Waals surface area contributed by atoms with Crippen LogP contribution in [0, 0.1) is 5.92 Å². The summed E-state index contributed by atoms with van der Waals surface area (Å²) in [6, 6.07) is 0.0975. The van der Waals surface area contributed by atoms with Gasteiger partial charge in [-0.3, -0.25) is 9.59 Å². The molecule has 0 aromatic carbocycles. The first-order valence-electron chi connectivity index (χ1n) is 8.32. The van der Waals surface area contributed by atoms with Gasteiger partial charge in [0.2, 0.25) is 11.8 Å². The molecule has 1 saturated heterocycles. The monoisotopic (exact) mass is 325 g/mol. The molecule has 1 aliphatic rings. The summed E-state index contributed by atoms with van der Waals surface area (Å²) in [6.07, 6.45) is 2.20.